The molecule has 1 aliphatic heterocycles. The maximum absolute atomic E-state index is 7.59. The highest BCUT2D eigenvalue weighted by molar-refractivity contribution is 5.84. The van der Waals surface area contributed by atoms with Gasteiger partial charge in [0.1, 0.15) is 6.17 Å². The van der Waals surface area contributed by atoms with E-state index in [1.807, 2.05) is 18.2 Å². The molecular formula is C11H16N6. The zero-order valence-corrected chi connectivity index (χ0v) is 9.43. The summed E-state index contributed by atoms with van der Waals surface area (Å²) in [6, 6.07) is 10.6. The Morgan fingerprint density at radius 2 is 2.18 bits per heavy atom. The van der Waals surface area contributed by atoms with Crippen molar-refractivity contribution in [3.8, 4) is 0 Å². The first-order valence-corrected chi connectivity index (χ1v) is 5.52. The molecule has 2 rings (SSSR count). The van der Waals surface area contributed by atoms with Crippen molar-refractivity contribution >= 4 is 5.84 Å². The lowest BCUT2D eigenvalue weighted by atomic mass is 10.1. The lowest BCUT2D eigenvalue weighted by Crippen LogP contribution is -2.40. The first-order valence-electron chi connectivity index (χ1n) is 5.52. The van der Waals surface area contributed by atoms with Gasteiger partial charge in [0.25, 0.3) is 0 Å². The summed E-state index contributed by atoms with van der Waals surface area (Å²) >= 11 is 0. The second kappa shape index (κ2) is 5.51. The SMILES string of the molecule is N=C(N=NN)C1NCC(Cc2ccccc2)N1. The number of hydrogen-bond acceptors (Lipinski definition) is 4. The molecule has 0 amide bonds. The fraction of sp³-hybridized carbons (Fsp3) is 0.364. The summed E-state index contributed by atoms with van der Waals surface area (Å²) in [5.74, 6) is 5.03. The number of nitrogens with one attached hydrogen (secondary N) is 3. The molecule has 1 aromatic rings. The van der Waals surface area contributed by atoms with E-state index < -0.39 is 0 Å². The van der Waals surface area contributed by atoms with Crippen molar-refractivity contribution in [3.05, 3.63) is 35.9 Å². The molecule has 2 atom stereocenters. The molecule has 0 aromatic heterocycles. The molecule has 1 aromatic carbocycles. The molecule has 0 bridgehead atoms. The van der Waals surface area contributed by atoms with Crippen molar-refractivity contribution in [2.45, 2.75) is 18.6 Å². The van der Waals surface area contributed by atoms with Crippen molar-refractivity contribution in [2.75, 3.05) is 6.54 Å². The molecule has 0 radical (unpaired) electrons. The Hall–Kier alpha value is -1.79. The van der Waals surface area contributed by atoms with Gasteiger partial charge in [-0.25, -0.2) is 0 Å². The lowest BCUT2D eigenvalue weighted by Gasteiger charge is -2.11. The van der Waals surface area contributed by atoms with Crippen LogP contribution in [0.3, 0.4) is 0 Å². The molecule has 1 fully saturated rings. The van der Waals surface area contributed by atoms with Crippen LogP contribution in [0.5, 0.6) is 0 Å². The minimum absolute atomic E-state index is 0.114. The summed E-state index contributed by atoms with van der Waals surface area (Å²) in [5.41, 5.74) is 1.28. The molecule has 2 unspecified atom stereocenters. The van der Waals surface area contributed by atoms with Gasteiger partial charge in [-0.2, -0.15) is 0 Å². The van der Waals surface area contributed by atoms with Gasteiger partial charge >= 0.3 is 0 Å². The summed E-state index contributed by atoms with van der Waals surface area (Å²) in [4.78, 5) is 0. The molecule has 1 heterocycles. The molecule has 90 valence electrons. The maximum atomic E-state index is 7.59. The third-order valence-corrected chi connectivity index (χ3v) is 2.73. The van der Waals surface area contributed by atoms with E-state index in [2.05, 4.69) is 33.1 Å². The molecule has 5 N–H and O–H groups in total. The van der Waals surface area contributed by atoms with E-state index >= 15 is 0 Å². The minimum Gasteiger partial charge on any atom is -0.305 e. The highest BCUT2D eigenvalue weighted by Crippen LogP contribution is 2.07. The fourth-order valence-corrected chi connectivity index (χ4v) is 1.94. The second-order valence-electron chi connectivity index (χ2n) is 4.00. The Morgan fingerprint density at radius 3 is 2.88 bits per heavy atom. The van der Waals surface area contributed by atoms with Crippen LogP contribution >= 0.6 is 0 Å². The van der Waals surface area contributed by atoms with Gasteiger partial charge in [0, 0.05) is 12.6 Å². The van der Waals surface area contributed by atoms with Gasteiger partial charge in [-0.05, 0) is 12.0 Å². The predicted molar refractivity (Wildman–Crippen MR) is 65.6 cm³/mol. The highest BCUT2D eigenvalue weighted by Gasteiger charge is 2.26. The molecule has 6 nitrogen and oxygen atoms in total. The zero-order chi connectivity index (χ0) is 12.1. The quantitative estimate of drug-likeness (QED) is 0.200. The van der Waals surface area contributed by atoms with Gasteiger partial charge in [0.05, 0.1) is 0 Å². The highest BCUT2D eigenvalue weighted by atomic mass is 15.4. The van der Waals surface area contributed by atoms with E-state index in [1.165, 1.54) is 5.56 Å². The smallest absolute Gasteiger partial charge is 0.177 e. The van der Waals surface area contributed by atoms with E-state index in [0.717, 1.165) is 13.0 Å². The van der Waals surface area contributed by atoms with Crippen LogP contribution in [0.4, 0.5) is 0 Å². The van der Waals surface area contributed by atoms with Crippen LogP contribution in [0.1, 0.15) is 5.56 Å². The van der Waals surface area contributed by atoms with Crippen LogP contribution < -0.4 is 16.5 Å². The van der Waals surface area contributed by atoms with E-state index in [9.17, 15) is 0 Å². The van der Waals surface area contributed by atoms with Crippen LogP contribution in [-0.2, 0) is 6.42 Å². The van der Waals surface area contributed by atoms with E-state index in [-0.39, 0.29) is 12.0 Å². The molecule has 0 aliphatic carbocycles. The zero-order valence-electron chi connectivity index (χ0n) is 9.43. The maximum Gasteiger partial charge on any atom is 0.177 e. The number of nitrogens with zero attached hydrogens (tertiary/aromatic N) is 2. The number of benzene rings is 1. The van der Waals surface area contributed by atoms with Gasteiger partial charge in [-0.3, -0.25) is 16.0 Å². The summed E-state index contributed by atoms with van der Waals surface area (Å²) in [6.07, 6.45) is 0.674. The van der Waals surface area contributed by atoms with Crippen LogP contribution in [0.25, 0.3) is 0 Å². The van der Waals surface area contributed by atoms with Crippen molar-refractivity contribution in [1.82, 2.24) is 10.6 Å². The molecule has 0 saturated carbocycles. The Labute approximate surface area is 99.8 Å². The van der Waals surface area contributed by atoms with Crippen LogP contribution in [-0.4, -0.2) is 24.6 Å². The average Bonchev–Trinajstić information content (AvgIpc) is 2.79. The second-order valence-corrected chi connectivity index (χ2v) is 4.00. The van der Waals surface area contributed by atoms with Crippen molar-refractivity contribution in [1.29, 1.82) is 5.41 Å². The summed E-state index contributed by atoms with van der Waals surface area (Å²) < 4.78 is 0. The van der Waals surface area contributed by atoms with E-state index in [1.54, 1.807) is 0 Å². The monoisotopic (exact) mass is 232 g/mol. The Kier molecular flexibility index (Phi) is 3.79. The Balaban J connectivity index is 1.88. The van der Waals surface area contributed by atoms with E-state index in [0.29, 0.717) is 6.04 Å². The third-order valence-electron chi connectivity index (χ3n) is 2.73. The predicted octanol–water partition coefficient (Wildman–Crippen LogP) is 0.420. The normalized spacial score (nSPS) is 24.2. The molecular weight excluding hydrogens is 216 g/mol. The Bertz CT molecular complexity index is 402. The number of nitrogens with two attached hydrogens (primary N) is 1. The molecule has 1 aliphatic rings. The van der Waals surface area contributed by atoms with Crippen LogP contribution in [0.2, 0.25) is 0 Å². The van der Waals surface area contributed by atoms with Crippen LogP contribution in [0, 0.1) is 5.41 Å². The van der Waals surface area contributed by atoms with Crippen molar-refractivity contribution < 1.29 is 0 Å². The third kappa shape index (κ3) is 3.08. The first-order chi connectivity index (χ1) is 8.29. The fourth-order valence-electron chi connectivity index (χ4n) is 1.94. The van der Waals surface area contributed by atoms with Gasteiger partial charge in [-0.15, -0.1) is 5.11 Å². The molecule has 0 spiro atoms. The topological polar surface area (TPSA) is 98.7 Å². The lowest BCUT2D eigenvalue weighted by molar-refractivity contribution is 0.598. The van der Waals surface area contributed by atoms with Crippen LogP contribution in [0.15, 0.2) is 40.7 Å². The summed E-state index contributed by atoms with van der Waals surface area (Å²) in [5, 5.41) is 20.7. The Morgan fingerprint density at radius 1 is 1.41 bits per heavy atom. The van der Waals surface area contributed by atoms with Crippen molar-refractivity contribution in [2.24, 2.45) is 16.2 Å². The average molecular weight is 232 g/mol. The number of amidine groups is 1. The number of rotatable bonds is 3. The standard InChI is InChI=1S/C11H16N6/c12-10(16-17-13)11-14-7-9(15-11)6-8-4-2-1-3-5-8/h1-5,9,11,14-15H,6-7H2,(H3,12,13,16). The van der Waals surface area contributed by atoms with E-state index in [4.69, 9.17) is 11.3 Å². The largest absolute Gasteiger partial charge is 0.305 e. The van der Waals surface area contributed by atoms with Gasteiger partial charge < -0.3 is 5.84 Å². The summed E-state index contributed by atoms with van der Waals surface area (Å²) in [6.45, 7) is 0.808. The number of hydrogen-bond donors (Lipinski definition) is 4. The molecule has 1 saturated heterocycles. The minimum atomic E-state index is -0.254. The van der Waals surface area contributed by atoms with Gasteiger partial charge in [-0.1, -0.05) is 35.6 Å². The first kappa shape index (κ1) is 11.7. The van der Waals surface area contributed by atoms with Crippen molar-refractivity contribution in [3.63, 3.8) is 0 Å². The molecule has 6 heteroatoms. The molecule has 17 heavy (non-hydrogen) atoms. The van der Waals surface area contributed by atoms with Gasteiger partial charge in [0.15, 0.2) is 5.84 Å². The summed E-state index contributed by atoms with van der Waals surface area (Å²) in [7, 11) is 0. The van der Waals surface area contributed by atoms with Gasteiger partial charge in [0.2, 0.25) is 0 Å².